The molecule has 1 aliphatic rings. The van der Waals surface area contributed by atoms with E-state index < -0.39 is 5.97 Å². The average molecular weight is 484 g/mol. The van der Waals surface area contributed by atoms with Crippen LogP contribution in [-0.2, 0) is 11.2 Å². The van der Waals surface area contributed by atoms with Gasteiger partial charge in [0.25, 0.3) is 0 Å². The molecule has 0 radical (unpaired) electrons. The predicted molar refractivity (Wildman–Crippen MR) is 116 cm³/mol. The van der Waals surface area contributed by atoms with E-state index in [0.29, 0.717) is 35.0 Å². The minimum atomic E-state index is -0.895. The van der Waals surface area contributed by atoms with Crippen LogP contribution in [0.25, 0.3) is 0 Å². The molecule has 1 aliphatic heterocycles. The monoisotopic (exact) mass is 482 g/mol. The number of carboxylic acid groups (broad SMARTS) is 1. The van der Waals surface area contributed by atoms with Crippen molar-refractivity contribution in [2.24, 2.45) is 0 Å². The van der Waals surface area contributed by atoms with Gasteiger partial charge in [-0.1, -0.05) is 11.6 Å². The molecule has 0 bridgehead atoms. The molecule has 3 rings (SSSR count). The van der Waals surface area contributed by atoms with E-state index in [1.54, 1.807) is 30.6 Å². The smallest absolute Gasteiger partial charge is 0.307 e. The van der Waals surface area contributed by atoms with Crippen LogP contribution in [0.4, 0.5) is 5.95 Å². The standard InChI is InChI=1S/C20H24BrClN4O3/c1-13-11-25(20-23-9-16(21)10-24-20)12-14(2)26(13)3-4-29-18-6-15(7-19(27)28)5-17(22)8-18/h5-6,8-10,13-14H,3-4,7,11-12H2,1-2H3,(H,27,28)/t13-,14+. The Hall–Kier alpha value is -1.90. The van der Waals surface area contributed by atoms with Gasteiger partial charge in [-0.3, -0.25) is 9.69 Å². The maximum Gasteiger partial charge on any atom is 0.307 e. The lowest BCUT2D eigenvalue weighted by molar-refractivity contribution is -0.136. The molecular weight excluding hydrogens is 460 g/mol. The van der Waals surface area contributed by atoms with Crippen molar-refractivity contribution in [1.29, 1.82) is 0 Å². The summed E-state index contributed by atoms with van der Waals surface area (Å²) in [6.07, 6.45) is 3.45. The highest BCUT2D eigenvalue weighted by molar-refractivity contribution is 9.10. The highest BCUT2D eigenvalue weighted by Crippen LogP contribution is 2.23. The first-order valence-electron chi connectivity index (χ1n) is 9.44. The number of piperazine rings is 1. The molecule has 2 atom stereocenters. The molecule has 1 N–H and O–H groups in total. The summed E-state index contributed by atoms with van der Waals surface area (Å²) < 4.78 is 6.74. The third-order valence-electron chi connectivity index (χ3n) is 4.90. The van der Waals surface area contributed by atoms with Gasteiger partial charge in [-0.2, -0.15) is 0 Å². The summed E-state index contributed by atoms with van der Waals surface area (Å²) in [6, 6.07) is 5.72. The van der Waals surface area contributed by atoms with Crippen molar-refractivity contribution in [3.8, 4) is 5.75 Å². The molecule has 0 spiro atoms. The summed E-state index contributed by atoms with van der Waals surface area (Å²) in [5.41, 5.74) is 0.629. The molecule has 1 fully saturated rings. The van der Waals surface area contributed by atoms with Gasteiger partial charge < -0.3 is 14.7 Å². The fourth-order valence-electron chi connectivity index (χ4n) is 3.68. The van der Waals surface area contributed by atoms with E-state index in [0.717, 1.165) is 30.1 Å². The highest BCUT2D eigenvalue weighted by Gasteiger charge is 2.30. The average Bonchev–Trinajstić information content (AvgIpc) is 2.63. The first-order valence-corrected chi connectivity index (χ1v) is 10.6. The maximum absolute atomic E-state index is 10.9. The fraction of sp³-hybridized carbons (Fsp3) is 0.450. The van der Waals surface area contributed by atoms with Crippen molar-refractivity contribution in [1.82, 2.24) is 14.9 Å². The van der Waals surface area contributed by atoms with Crippen molar-refractivity contribution in [3.63, 3.8) is 0 Å². The molecule has 1 aromatic heterocycles. The molecule has 2 aromatic rings. The molecule has 156 valence electrons. The van der Waals surface area contributed by atoms with Gasteiger partial charge in [-0.15, -0.1) is 0 Å². The van der Waals surface area contributed by atoms with Crippen LogP contribution in [0.15, 0.2) is 35.1 Å². The van der Waals surface area contributed by atoms with Crippen molar-refractivity contribution in [3.05, 3.63) is 45.7 Å². The van der Waals surface area contributed by atoms with Gasteiger partial charge in [0.1, 0.15) is 12.4 Å². The lowest BCUT2D eigenvalue weighted by Gasteiger charge is -2.44. The second-order valence-electron chi connectivity index (χ2n) is 7.26. The Morgan fingerprint density at radius 3 is 2.52 bits per heavy atom. The van der Waals surface area contributed by atoms with Crippen LogP contribution in [0.1, 0.15) is 19.4 Å². The molecule has 1 saturated heterocycles. The molecule has 2 heterocycles. The van der Waals surface area contributed by atoms with Gasteiger partial charge in [0.2, 0.25) is 5.95 Å². The van der Waals surface area contributed by atoms with Crippen LogP contribution < -0.4 is 9.64 Å². The van der Waals surface area contributed by atoms with Crippen molar-refractivity contribution < 1.29 is 14.6 Å². The zero-order valence-electron chi connectivity index (χ0n) is 16.4. The zero-order valence-corrected chi connectivity index (χ0v) is 18.7. The second kappa shape index (κ2) is 9.73. The number of hydrogen-bond acceptors (Lipinski definition) is 6. The Balaban J connectivity index is 1.55. The van der Waals surface area contributed by atoms with Gasteiger partial charge >= 0.3 is 5.97 Å². The number of anilines is 1. The Bertz CT molecular complexity index is 840. The Kier molecular flexibility index (Phi) is 7.32. The van der Waals surface area contributed by atoms with E-state index in [9.17, 15) is 4.79 Å². The van der Waals surface area contributed by atoms with Crippen LogP contribution in [0, 0.1) is 0 Å². The van der Waals surface area contributed by atoms with Gasteiger partial charge in [-0.05, 0) is 53.5 Å². The van der Waals surface area contributed by atoms with Crippen LogP contribution in [-0.4, -0.2) is 64.3 Å². The minimum Gasteiger partial charge on any atom is -0.492 e. The first-order chi connectivity index (χ1) is 13.8. The van der Waals surface area contributed by atoms with Crippen molar-refractivity contribution in [2.45, 2.75) is 32.4 Å². The third-order valence-corrected chi connectivity index (χ3v) is 5.52. The number of rotatable bonds is 7. The van der Waals surface area contributed by atoms with Gasteiger partial charge in [-0.25, -0.2) is 9.97 Å². The molecule has 29 heavy (non-hydrogen) atoms. The van der Waals surface area contributed by atoms with E-state index in [1.165, 1.54) is 0 Å². The quantitative estimate of drug-likeness (QED) is 0.646. The number of hydrogen-bond donors (Lipinski definition) is 1. The largest absolute Gasteiger partial charge is 0.492 e. The Morgan fingerprint density at radius 1 is 1.24 bits per heavy atom. The topological polar surface area (TPSA) is 78.8 Å². The lowest BCUT2D eigenvalue weighted by Crippen LogP contribution is -2.58. The summed E-state index contributed by atoms with van der Waals surface area (Å²) in [5.74, 6) is 0.442. The van der Waals surface area contributed by atoms with E-state index in [4.69, 9.17) is 21.4 Å². The fourth-order valence-corrected chi connectivity index (χ4v) is 4.13. The van der Waals surface area contributed by atoms with Crippen molar-refractivity contribution in [2.75, 3.05) is 31.1 Å². The SMILES string of the molecule is C[C@@H]1CN(c2ncc(Br)cn2)C[C@H](C)N1CCOc1cc(Cl)cc(CC(=O)O)c1. The number of benzene rings is 1. The van der Waals surface area contributed by atoms with E-state index >= 15 is 0 Å². The second-order valence-corrected chi connectivity index (χ2v) is 8.61. The normalized spacial score (nSPS) is 19.9. The third kappa shape index (κ3) is 6.04. The molecule has 0 amide bonds. The molecule has 7 nitrogen and oxygen atoms in total. The minimum absolute atomic E-state index is 0.0783. The van der Waals surface area contributed by atoms with Crippen LogP contribution in [0.3, 0.4) is 0 Å². The number of ether oxygens (including phenoxy) is 1. The van der Waals surface area contributed by atoms with Crippen LogP contribution in [0.5, 0.6) is 5.75 Å². The van der Waals surface area contributed by atoms with E-state index in [1.807, 2.05) is 0 Å². The summed E-state index contributed by atoms with van der Waals surface area (Å²) >= 11 is 9.46. The van der Waals surface area contributed by atoms with E-state index in [-0.39, 0.29) is 6.42 Å². The first kappa shape index (κ1) is 21.8. The van der Waals surface area contributed by atoms with Crippen LogP contribution in [0.2, 0.25) is 5.02 Å². The van der Waals surface area contributed by atoms with Gasteiger partial charge in [0.15, 0.2) is 0 Å². The Morgan fingerprint density at radius 2 is 1.90 bits per heavy atom. The van der Waals surface area contributed by atoms with E-state index in [2.05, 4.69) is 49.5 Å². The summed E-state index contributed by atoms with van der Waals surface area (Å²) in [6.45, 7) is 7.31. The van der Waals surface area contributed by atoms with Crippen LogP contribution >= 0.6 is 27.5 Å². The lowest BCUT2D eigenvalue weighted by atomic mass is 10.1. The summed E-state index contributed by atoms with van der Waals surface area (Å²) in [7, 11) is 0. The number of carboxylic acids is 1. The molecule has 0 unspecified atom stereocenters. The molecule has 9 heteroatoms. The number of nitrogens with zero attached hydrogens (tertiary/aromatic N) is 4. The van der Waals surface area contributed by atoms with Gasteiger partial charge in [0, 0.05) is 49.1 Å². The maximum atomic E-state index is 10.9. The molecule has 1 aromatic carbocycles. The number of aromatic nitrogens is 2. The number of aliphatic carboxylic acids is 1. The van der Waals surface area contributed by atoms with Crippen molar-refractivity contribution >= 4 is 39.4 Å². The molecule has 0 saturated carbocycles. The summed E-state index contributed by atoms with van der Waals surface area (Å²) in [4.78, 5) is 24.3. The van der Waals surface area contributed by atoms with Gasteiger partial charge in [0.05, 0.1) is 10.9 Å². The molecular formula is C20H24BrClN4O3. The number of halogens is 2. The number of carbonyl (C=O) groups is 1. The molecule has 0 aliphatic carbocycles. The zero-order chi connectivity index (χ0) is 21.0. The predicted octanol–water partition coefficient (Wildman–Crippen LogP) is 3.50. The highest BCUT2D eigenvalue weighted by atomic mass is 79.9. The summed E-state index contributed by atoms with van der Waals surface area (Å²) in [5, 5.41) is 9.44. The Labute approximate surface area is 183 Å².